The molecule has 1 heterocycles. The number of carbonyl (C=O) groups is 3. The molecule has 0 atom stereocenters. The van der Waals surface area contributed by atoms with Crippen LogP contribution >= 0.6 is 0 Å². The zero-order chi connectivity index (χ0) is 32.1. The Hall–Kier alpha value is -4.88. The number of nitrogens with one attached hydrogen (secondary N) is 1. The number of hydrogen-bond acceptors (Lipinski definition) is 4. The Morgan fingerprint density at radius 3 is 2.07 bits per heavy atom. The fourth-order valence-electron chi connectivity index (χ4n) is 4.74. The van der Waals surface area contributed by atoms with Crippen molar-refractivity contribution in [2.45, 2.75) is 37.7 Å². The normalized spacial score (nSPS) is 14.7. The van der Waals surface area contributed by atoms with Gasteiger partial charge in [-0.2, -0.15) is 26.3 Å². The predicted octanol–water partition coefficient (Wildman–Crippen LogP) is 6.13. The molecule has 8 nitrogen and oxygen atoms in total. The number of likely N-dealkylation sites (tertiary alicyclic amines) is 1. The van der Waals surface area contributed by atoms with Crippen molar-refractivity contribution in [2.24, 2.45) is 10.7 Å². The quantitative estimate of drug-likeness (QED) is 0.203. The molecule has 1 aliphatic heterocycles. The average molecular weight is 621 g/mol. The molecule has 0 bridgehead atoms. The summed E-state index contributed by atoms with van der Waals surface area (Å²) in [5.74, 6) is -2.83. The van der Waals surface area contributed by atoms with Gasteiger partial charge in [-0.25, -0.2) is 4.79 Å². The molecule has 14 heteroatoms. The maximum Gasteiger partial charge on any atom is 0.437 e. The van der Waals surface area contributed by atoms with Crippen molar-refractivity contribution in [3.8, 4) is 0 Å². The monoisotopic (exact) mass is 620 g/mol. The van der Waals surface area contributed by atoms with Crippen LogP contribution in [0.3, 0.4) is 0 Å². The number of carbonyl (C=O) groups excluding carboxylic acids is 3. The van der Waals surface area contributed by atoms with Crippen molar-refractivity contribution >= 4 is 23.9 Å². The first kappa shape index (κ1) is 32.0. The highest BCUT2D eigenvalue weighted by molar-refractivity contribution is 6.07. The summed E-state index contributed by atoms with van der Waals surface area (Å²) in [7, 11) is 0. The smallest absolute Gasteiger partial charge is 0.437 e. The van der Waals surface area contributed by atoms with Crippen LogP contribution in [0, 0.1) is 0 Å². The molecule has 0 saturated carbocycles. The molecule has 3 aromatic rings. The van der Waals surface area contributed by atoms with Crippen LogP contribution in [-0.2, 0) is 23.7 Å². The molecule has 1 aliphatic rings. The minimum atomic E-state index is -4.82. The zero-order valence-corrected chi connectivity index (χ0v) is 22.9. The molecule has 3 N–H and O–H groups in total. The number of rotatable bonds is 5. The van der Waals surface area contributed by atoms with Crippen molar-refractivity contribution in [3.63, 3.8) is 0 Å². The fourth-order valence-corrected chi connectivity index (χ4v) is 4.74. The third-order valence-electron chi connectivity index (χ3n) is 6.96. The Morgan fingerprint density at radius 1 is 0.864 bits per heavy atom. The second kappa shape index (κ2) is 13.2. The number of guanidine groups is 1. The summed E-state index contributed by atoms with van der Waals surface area (Å²) in [5, 5.41) is 2.06. The van der Waals surface area contributed by atoms with E-state index in [1.165, 1.54) is 17.0 Å². The van der Waals surface area contributed by atoms with Gasteiger partial charge in [0, 0.05) is 24.2 Å². The lowest BCUT2D eigenvalue weighted by atomic mass is 9.85. The SMILES string of the molecule is N/C(=N/C(=O)OCc1ccccc1)NC(=O)c1ccc(C2CCN(C(=O)c3ccc(C(F)(F)F)cc3)CC2)c(C(F)(F)F)c1. The average Bonchev–Trinajstić information content (AvgIpc) is 2.99. The van der Waals surface area contributed by atoms with E-state index in [0.29, 0.717) is 11.6 Å². The molecule has 0 spiro atoms. The number of hydrogen-bond donors (Lipinski definition) is 2. The van der Waals surface area contributed by atoms with Gasteiger partial charge in [0.05, 0.1) is 11.1 Å². The standard InChI is InChI=1S/C30H26F6N4O4/c31-29(32,33)22-9-6-20(7-10-22)26(42)40-14-12-19(13-15-40)23-11-8-21(16-24(23)30(34,35)36)25(41)38-27(37)39-28(43)44-17-18-4-2-1-3-5-18/h1-11,16,19H,12-15,17H2,(H3,37,38,39,41,43). The van der Waals surface area contributed by atoms with E-state index in [0.717, 1.165) is 24.3 Å². The van der Waals surface area contributed by atoms with E-state index in [4.69, 9.17) is 10.5 Å². The van der Waals surface area contributed by atoms with E-state index in [1.807, 2.05) is 0 Å². The maximum absolute atomic E-state index is 14.1. The summed E-state index contributed by atoms with van der Waals surface area (Å²) in [6.07, 6.45) is -10.2. The summed E-state index contributed by atoms with van der Waals surface area (Å²) in [5.41, 5.74) is 3.89. The van der Waals surface area contributed by atoms with E-state index in [1.54, 1.807) is 30.3 Å². The van der Waals surface area contributed by atoms with E-state index in [9.17, 15) is 40.7 Å². The number of piperidine rings is 1. The number of benzene rings is 3. The van der Waals surface area contributed by atoms with Crippen molar-refractivity contribution in [1.82, 2.24) is 10.2 Å². The molecule has 1 fully saturated rings. The van der Waals surface area contributed by atoms with Crippen LogP contribution in [-0.4, -0.2) is 41.9 Å². The Morgan fingerprint density at radius 2 is 1.48 bits per heavy atom. The van der Waals surface area contributed by atoms with Gasteiger partial charge >= 0.3 is 18.4 Å². The number of ether oxygens (including phenoxy) is 1. The minimum absolute atomic E-state index is 0.0371. The molecule has 0 aromatic heterocycles. The Kier molecular flexibility index (Phi) is 9.60. The van der Waals surface area contributed by atoms with Crippen LogP contribution in [0.4, 0.5) is 31.1 Å². The summed E-state index contributed by atoms with van der Waals surface area (Å²) >= 11 is 0. The van der Waals surface area contributed by atoms with Gasteiger partial charge < -0.3 is 15.4 Å². The Bertz CT molecular complexity index is 1530. The third kappa shape index (κ3) is 8.14. The Balaban J connectivity index is 1.40. The second-order valence-electron chi connectivity index (χ2n) is 9.93. The predicted molar refractivity (Wildman–Crippen MR) is 146 cm³/mol. The van der Waals surface area contributed by atoms with Crippen LogP contribution < -0.4 is 11.1 Å². The molecule has 44 heavy (non-hydrogen) atoms. The van der Waals surface area contributed by atoms with Gasteiger partial charge in [-0.1, -0.05) is 36.4 Å². The minimum Gasteiger partial charge on any atom is -0.443 e. The van der Waals surface area contributed by atoms with Crippen LogP contribution in [0.2, 0.25) is 0 Å². The van der Waals surface area contributed by atoms with E-state index in [-0.39, 0.29) is 49.2 Å². The summed E-state index contributed by atoms with van der Waals surface area (Å²) in [6.45, 7) is 0.0534. The van der Waals surface area contributed by atoms with Crippen molar-refractivity contribution in [1.29, 1.82) is 0 Å². The number of nitrogens with two attached hydrogens (primary N) is 1. The molecule has 0 radical (unpaired) electrons. The number of aliphatic imine (C=N–C) groups is 1. The highest BCUT2D eigenvalue weighted by atomic mass is 19.4. The van der Waals surface area contributed by atoms with Crippen LogP contribution in [0.5, 0.6) is 0 Å². The molecular weight excluding hydrogens is 594 g/mol. The number of alkyl halides is 6. The third-order valence-corrected chi connectivity index (χ3v) is 6.96. The molecule has 4 rings (SSSR count). The van der Waals surface area contributed by atoms with Gasteiger partial charge in [0.1, 0.15) is 6.61 Å². The van der Waals surface area contributed by atoms with Gasteiger partial charge in [0.25, 0.3) is 11.8 Å². The lowest BCUT2D eigenvalue weighted by Gasteiger charge is -2.33. The molecule has 1 saturated heterocycles. The molecule has 3 amide bonds. The summed E-state index contributed by atoms with van der Waals surface area (Å²) < 4.78 is 85.6. The lowest BCUT2D eigenvalue weighted by molar-refractivity contribution is -0.139. The van der Waals surface area contributed by atoms with Gasteiger partial charge in [0.15, 0.2) is 0 Å². The highest BCUT2D eigenvalue weighted by Crippen LogP contribution is 2.39. The highest BCUT2D eigenvalue weighted by Gasteiger charge is 2.37. The van der Waals surface area contributed by atoms with Gasteiger partial charge in [-0.3, -0.25) is 14.9 Å². The number of amides is 3. The van der Waals surface area contributed by atoms with Crippen LogP contribution in [0.1, 0.15) is 61.7 Å². The van der Waals surface area contributed by atoms with E-state index >= 15 is 0 Å². The fraction of sp³-hybridized carbons (Fsp3) is 0.267. The first-order valence-electron chi connectivity index (χ1n) is 13.3. The second-order valence-corrected chi connectivity index (χ2v) is 9.93. The largest absolute Gasteiger partial charge is 0.443 e. The number of nitrogens with zero attached hydrogens (tertiary/aromatic N) is 2. The van der Waals surface area contributed by atoms with Crippen molar-refractivity contribution < 1.29 is 45.5 Å². The first-order valence-corrected chi connectivity index (χ1v) is 13.3. The molecule has 3 aromatic carbocycles. The topological polar surface area (TPSA) is 114 Å². The Labute approximate surface area is 247 Å². The van der Waals surface area contributed by atoms with Crippen LogP contribution in [0.25, 0.3) is 0 Å². The van der Waals surface area contributed by atoms with Crippen molar-refractivity contribution in [3.05, 3.63) is 106 Å². The van der Waals surface area contributed by atoms with Gasteiger partial charge in [-0.05, 0) is 66.3 Å². The van der Waals surface area contributed by atoms with E-state index < -0.39 is 53.3 Å². The molecule has 0 aliphatic carbocycles. The molecule has 232 valence electrons. The lowest BCUT2D eigenvalue weighted by Crippen LogP contribution is -2.38. The number of halogens is 6. The maximum atomic E-state index is 14.1. The zero-order valence-electron chi connectivity index (χ0n) is 22.9. The first-order chi connectivity index (χ1) is 20.7. The summed E-state index contributed by atoms with van der Waals surface area (Å²) in [4.78, 5) is 42.0. The van der Waals surface area contributed by atoms with Crippen molar-refractivity contribution in [2.75, 3.05) is 13.1 Å². The molecule has 0 unspecified atom stereocenters. The van der Waals surface area contributed by atoms with Gasteiger partial charge in [-0.15, -0.1) is 4.99 Å². The summed E-state index contributed by atoms with van der Waals surface area (Å²) in [6, 6.07) is 15.4. The van der Waals surface area contributed by atoms with Crippen LogP contribution in [0.15, 0.2) is 77.8 Å². The molecular formula is C30H26F6N4O4. The van der Waals surface area contributed by atoms with Gasteiger partial charge in [0.2, 0.25) is 5.96 Å². The van der Waals surface area contributed by atoms with E-state index in [2.05, 4.69) is 10.3 Å².